The number of aromatic nitrogens is 1. The number of primary amides is 1. The first-order chi connectivity index (χ1) is 11.0. The second-order valence-electron chi connectivity index (χ2n) is 5.20. The number of anilines is 1. The number of nitrogens with zero attached hydrogens (tertiary/aromatic N) is 1. The van der Waals surface area contributed by atoms with Crippen molar-refractivity contribution in [1.82, 2.24) is 4.98 Å². The topological polar surface area (TPSA) is 98.2 Å². The Morgan fingerprint density at radius 2 is 1.91 bits per heavy atom. The van der Waals surface area contributed by atoms with Crippen molar-refractivity contribution in [2.24, 2.45) is 5.73 Å². The van der Waals surface area contributed by atoms with E-state index in [0.29, 0.717) is 22.7 Å². The van der Waals surface area contributed by atoms with E-state index < -0.39 is 5.91 Å². The number of amides is 2. The van der Waals surface area contributed by atoms with Gasteiger partial charge < -0.3 is 15.5 Å². The normalized spacial score (nSPS) is 10.7. The van der Waals surface area contributed by atoms with Gasteiger partial charge in [-0.05, 0) is 42.0 Å². The van der Waals surface area contributed by atoms with Crippen molar-refractivity contribution in [2.45, 2.75) is 13.3 Å². The summed E-state index contributed by atoms with van der Waals surface area (Å²) in [6, 6.07) is 11.9. The molecule has 2 amide bonds. The molecule has 3 aromatic rings. The van der Waals surface area contributed by atoms with E-state index in [1.807, 2.05) is 18.2 Å². The molecule has 23 heavy (non-hydrogen) atoms. The third-order valence-electron chi connectivity index (χ3n) is 3.38. The van der Waals surface area contributed by atoms with E-state index >= 15 is 0 Å². The molecule has 6 heteroatoms. The molecule has 116 valence electrons. The monoisotopic (exact) mass is 309 g/mol. The Bertz CT molecular complexity index is 882. The Labute approximate surface area is 132 Å². The van der Waals surface area contributed by atoms with Gasteiger partial charge in [0.05, 0.1) is 6.42 Å². The molecule has 2 aromatic carbocycles. The van der Waals surface area contributed by atoms with Crippen molar-refractivity contribution in [3.8, 4) is 0 Å². The van der Waals surface area contributed by atoms with Crippen LogP contribution in [-0.4, -0.2) is 16.8 Å². The van der Waals surface area contributed by atoms with Crippen molar-refractivity contribution in [2.75, 3.05) is 5.32 Å². The van der Waals surface area contributed by atoms with Crippen LogP contribution in [0.5, 0.6) is 0 Å². The number of nitrogens with two attached hydrogens (primary N) is 1. The summed E-state index contributed by atoms with van der Waals surface area (Å²) in [5.41, 5.74) is 8.45. The molecule has 6 nitrogen and oxygen atoms in total. The van der Waals surface area contributed by atoms with Gasteiger partial charge in [0, 0.05) is 18.2 Å². The minimum Gasteiger partial charge on any atom is -0.441 e. The van der Waals surface area contributed by atoms with Crippen LogP contribution in [0.1, 0.15) is 21.8 Å². The lowest BCUT2D eigenvalue weighted by Gasteiger charge is -2.06. The summed E-state index contributed by atoms with van der Waals surface area (Å²) in [6.45, 7) is 1.78. The molecule has 3 rings (SSSR count). The first kappa shape index (κ1) is 14.8. The molecule has 1 heterocycles. The molecular weight excluding hydrogens is 294 g/mol. The van der Waals surface area contributed by atoms with Crippen LogP contribution in [0.15, 0.2) is 46.9 Å². The fraction of sp³-hybridized carbons (Fsp3) is 0.118. The Kier molecular flexibility index (Phi) is 3.80. The van der Waals surface area contributed by atoms with Crippen molar-refractivity contribution < 1.29 is 14.0 Å². The zero-order valence-electron chi connectivity index (χ0n) is 12.5. The lowest BCUT2D eigenvalue weighted by Crippen LogP contribution is -2.15. The zero-order chi connectivity index (χ0) is 16.4. The number of benzene rings is 2. The van der Waals surface area contributed by atoms with Gasteiger partial charge in [0.25, 0.3) is 0 Å². The van der Waals surface area contributed by atoms with Crippen LogP contribution in [0.3, 0.4) is 0 Å². The average molecular weight is 309 g/mol. The molecule has 0 atom stereocenters. The van der Waals surface area contributed by atoms with Gasteiger partial charge in [-0.3, -0.25) is 9.59 Å². The van der Waals surface area contributed by atoms with Crippen LogP contribution >= 0.6 is 0 Å². The van der Waals surface area contributed by atoms with Crippen molar-refractivity contribution >= 4 is 28.6 Å². The molecular formula is C17H15N3O3. The molecule has 0 aliphatic heterocycles. The fourth-order valence-electron chi connectivity index (χ4n) is 2.30. The molecule has 0 saturated heterocycles. The van der Waals surface area contributed by atoms with Crippen LogP contribution in [0, 0.1) is 6.92 Å². The van der Waals surface area contributed by atoms with Gasteiger partial charge in [0.15, 0.2) is 11.5 Å². The number of aryl methyl sites for hydroxylation is 1. The summed E-state index contributed by atoms with van der Waals surface area (Å²) in [5, 5.41) is 2.77. The van der Waals surface area contributed by atoms with Gasteiger partial charge in [-0.1, -0.05) is 6.07 Å². The summed E-state index contributed by atoms with van der Waals surface area (Å²) >= 11 is 0. The highest BCUT2D eigenvalue weighted by molar-refractivity contribution is 5.95. The molecule has 0 bridgehead atoms. The van der Waals surface area contributed by atoms with Crippen LogP contribution in [0.2, 0.25) is 0 Å². The molecule has 0 saturated carbocycles. The molecule has 1 aromatic heterocycles. The summed E-state index contributed by atoms with van der Waals surface area (Å²) < 4.78 is 5.46. The SMILES string of the molecule is Cc1nc2ccc(CC(=O)Nc3ccc(C(N)=O)cc3)cc2o1. The summed E-state index contributed by atoms with van der Waals surface area (Å²) in [5.74, 6) is -0.0675. The van der Waals surface area contributed by atoms with Gasteiger partial charge >= 0.3 is 0 Å². The lowest BCUT2D eigenvalue weighted by molar-refractivity contribution is -0.115. The van der Waals surface area contributed by atoms with E-state index in [-0.39, 0.29) is 12.3 Å². The van der Waals surface area contributed by atoms with Crippen LogP contribution in [-0.2, 0) is 11.2 Å². The van der Waals surface area contributed by atoms with Gasteiger partial charge in [-0.25, -0.2) is 4.98 Å². The van der Waals surface area contributed by atoms with Gasteiger partial charge in [0.1, 0.15) is 5.52 Å². The highest BCUT2D eigenvalue weighted by Gasteiger charge is 2.08. The smallest absolute Gasteiger partial charge is 0.248 e. The molecule has 0 fully saturated rings. The predicted octanol–water partition coefficient (Wildman–Crippen LogP) is 2.42. The van der Waals surface area contributed by atoms with E-state index in [1.165, 1.54) is 0 Å². The van der Waals surface area contributed by atoms with E-state index in [9.17, 15) is 9.59 Å². The fourth-order valence-corrected chi connectivity index (χ4v) is 2.30. The van der Waals surface area contributed by atoms with Gasteiger partial charge in [0.2, 0.25) is 11.8 Å². The second-order valence-corrected chi connectivity index (χ2v) is 5.20. The number of nitrogens with one attached hydrogen (secondary N) is 1. The van der Waals surface area contributed by atoms with Crippen molar-refractivity contribution in [3.05, 3.63) is 59.5 Å². The Hall–Kier alpha value is -3.15. The third-order valence-corrected chi connectivity index (χ3v) is 3.38. The summed E-state index contributed by atoms with van der Waals surface area (Å²) in [6.07, 6.45) is 0.216. The van der Waals surface area contributed by atoms with Crippen LogP contribution in [0.4, 0.5) is 5.69 Å². The number of hydrogen-bond donors (Lipinski definition) is 2. The number of carbonyl (C=O) groups excluding carboxylic acids is 2. The summed E-state index contributed by atoms with van der Waals surface area (Å²) in [4.78, 5) is 27.3. The average Bonchev–Trinajstić information content (AvgIpc) is 2.87. The number of hydrogen-bond acceptors (Lipinski definition) is 4. The Morgan fingerprint density at radius 1 is 1.17 bits per heavy atom. The maximum atomic E-state index is 12.1. The first-order valence-corrected chi connectivity index (χ1v) is 7.07. The van der Waals surface area contributed by atoms with E-state index in [4.69, 9.17) is 10.2 Å². The third kappa shape index (κ3) is 3.37. The van der Waals surface area contributed by atoms with Crippen LogP contribution in [0.25, 0.3) is 11.1 Å². The lowest BCUT2D eigenvalue weighted by atomic mass is 10.1. The predicted molar refractivity (Wildman–Crippen MR) is 86.0 cm³/mol. The van der Waals surface area contributed by atoms with Gasteiger partial charge in [-0.2, -0.15) is 0 Å². The Morgan fingerprint density at radius 3 is 2.61 bits per heavy atom. The minimum atomic E-state index is -0.501. The highest BCUT2D eigenvalue weighted by Crippen LogP contribution is 2.17. The molecule has 0 aliphatic carbocycles. The quantitative estimate of drug-likeness (QED) is 0.773. The largest absolute Gasteiger partial charge is 0.441 e. The second kappa shape index (κ2) is 5.92. The van der Waals surface area contributed by atoms with Crippen molar-refractivity contribution in [3.63, 3.8) is 0 Å². The van der Waals surface area contributed by atoms with Gasteiger partial charge in [-0.15, -0.1) is 0 Å². The first-order valence-electron chi connectivity index (χ1n) is 7.07. The number of rotatable bonds is 4. The van der Waals surface area contributed by atoms with E-state index in [1.54, 1.807) is 31.2 Å². The highest BCUT2D eigenvalue weighted by atomic mass is 16.3. The Balaban J connectivity index is 1.69. The molecule has 0 spiro atoms. The number of carbonyl (C=O) groups is 2. The molecule has 0 radical (unpaired) electrons. The molecule has 0 aliphatic rings. The summed E-state index contributed by atoms with van der Waals surface area (Å²) in [7, 11) is 0. The minimum absolute atomic E-state index is 0.160. The molecule has 3 N–H and O–H groups in total. The van der Waals surface area contributed by atoms with E-state index in [0.717, 1.165) is 11.1 Å². The standard InChI is InChI=1S/C17H15N3O3/c1-10-19-14-7-2-11(8-15(14)23-10)9-16(21)20-13-5-3-12(4-6-13)17(18)22/h2-8H,9H2,1H3,(H2,18,22)(H,20,21). The zero-order valence-corrected chi connectivity index (χ0v) is 12.5. The number of fused-ring (bicyclic) bond motifs is 1. The maximum Gasteiger partial charge on any atom is 0.248 e. The maximum absolute atomic E-state index is 12.1. The molecule has 0 unspecified atom stereocenters. The van der Waals surface area contributed by atoms with Crippen molar-refractivity contribution in [1.29, 1.82) is 0 Å². The number of oxazole rings is 1. The van der Waals surface area contributed by atoms with Crippen LogP contribution < -0.4 is 11.1 Å². The van der Waals surface area contributed by atoms with E-state index in [2.05, 4.69) is 10.3 Å².